The summed E-state index contributed by atoms with van der Waals surface area (Å²) in [6.45, 7) is 2.52. The molecular weight excluding hydrogens is 96.0 g/mol. The fraction of sp³-hybridized carbons (Fsp3) is 0.333. The number of aliphatic imine (C=N–C) groups is 1. The van der Waals surface area contributed by atoms with Crippen molar-refractivity contribution in [2.24, 2.45) is 4.99 Å². The van der Waals surface area contributed by atoms with Crippen LogP contribution in [0.2, 0.25) is 0 Å². The van der Waals surface area contributed by atoms with E-state index in [0.29, 0.717) is 0 Å². The van der Waals surface area contributed by atoms with Gasteiger partial charge in [-0.3, -0.25) is 0 Å². The van der Waals surface area contributed by atoms with Crippen molar-refractivity contribution in [1.29, 1.82) is 0 Å². The minimum absolute atomic E-state index is 0.391. The quantitative estimate of drug-likeness (QED) is 0.341. The van der Waals surface area contributed by atoms with Gasteiger partial charge in [0.15, 0.2) is 0 Å². The second-order valence-electron chi connectivity index (χ2n) is 0.798. The van der Waals surface area contributed by atoms with E-state index in [-0.39, 0.29) is 0 Å². The highest BCUT2D eigenvalue weighted by atomic mass is 16.3. The lowest BCUT2D eigenvalue weighted by atomic mass is 11.0. The van der Waals surface area contributed by atoms with Gasteiger partial charge in [-0.1, -0.05) is 0 Å². The molecule has 0 atom stereocenters. The predicted molar refractivity (Wildman–Crippen MR) is 25.2 cm³/mol. The highest BCUT2D eigenvalue weighted by molar-refractivity contribution is 5.78. The molecule has 0 heterocycles. The van der Waals surface area contributed by atoms with Gasteiger partial charge < -0.3 is 10.4 Å². The second-order valence-corrected chi connectivity index (χ2v) is 0.798. The maximum atomic E-state index is 9.91. The molecule has 0 bridgehead atoms. The van der Waals surface area contributed by atoms with E-state index in [4.69, 9.17) is 5.11 Å². The molecule has 0 saturated carbocycles. The van der Waals surface area contributed by atoms with Crippen LogP contribution in [0.1, 0.15) is 0 Å². The zero-order chi connectivity index (χ0) is 5.70. The summed E-state index contributed by atoms with van der Waals surface area (Å²) in [6.07, 6.45) is 0. The molecule has 0 saturated heterocycles. The standard InChI is InChI=1S/C3H6N2O2/c1-4-3(7)5-2-6/h6H,1-2H2,(H,5,7). The molecule has 0 aromatic rings. The van der Waals surface area contributed by atoms with Crippen LogP contribution in [0.4, 0.5) is 4.79 Å². The average molecular weight is 102 g/mol. The second kappa shape index (κ2) is 3.30. The number of nitrogens with one attached hydrogen (secondary N) is 1. The molecule has 0 aliphatic rings. The first-order valence-electron chi connectivity index (χ1n) is 1.66. The molecule has 0 aliphatic heterocycles. The molecule has 7 heavy (non-hydrogen) atoms. The summed E-state index contributed by atoms with van der Waals surface area (Å²) in [5.41, 5.74) is 0. The number of amides is 2. The Labute approximate surface area is 40.9 Å². The molecule has 0 radical (unpaired) electrons. The van der Waals surface area contributed by atoms with Gasteiger partial charge in [-0.25, -0.2) is 9.79 Å². The van der Waals surface area contributed by atoms with Crippen molar-refractivity contribution in [1.82, 2.24) is 5.32 Å². The molecule has 0 rings (SSSR count). The van der Waals surface area contributed by atoms with E-state index in [1.165, 1.54) is 0 Å². The smallest absolute Gasteiger partial charge is 0.342 e. The molecule has 0 fully saturated rings. The zero-order valence-corrected chi connectivity index (χ0v) is 3.72. The summed E-state index contributed by atoms with van der Waals surface area (Å²) < 4.78 is 0. The SMILES string of the molecule is C=NC(=O)NCO. The van der Waals surface area contributed by atoms with E-state index in [2.05, 4.69) is 11.7 Å². The minimum Gasteiger partial charge on any atom is -0.376 e. The predicted octanol–water partition coefficient (Wildman–Crippen LogP) is -0.654. The van der Waals surface area contributed by atoms with Crippen LogP contribution >= 0.6 is 0 Å². The molecular formula is C3H6N2O2. The average Bonchev–Trinajstić information content (AvgIpc) is 1.68. The number of nitrogens with zero attached hydrogens (tertiary/aromatic N) is 1. The Morgan fingerprint density at radius 2 is 2.57 bits per heavy atom. The number of urea groups is 1. The molecule has 4 nitrogen and oxygen atoms in total. The number of aliphatic hydroxyl groups excluding tert-OH is 1. The van der Waals surface area contributed by atoms with E-state index >= 15 is 0 Å². The molecule has 0 spiro atoms. The van der Waals surface area contributed by atoms with E-state index in [0.717, 1.165) is 0 Å². The Hall–Kier alpha value is -0.900. The van der Waals surface area contributed by atoms with Gasteiger partial charge in [-0.15, -0.1) is 0 Å². The van der Waals surface area contributed by atoms with Crippen molar-refractivity contribution in [3.8, 4) is 0 Å². The lowest BCUT2D eigenvalue weighted by molar-refractivity contribution is 0.225. The lowest BCUT2D eigenvalue weighted by Crippen LogP contribution is -2.19. The van der Waals surface area contributed by atoms with Crippen LogP contribution in [-0.4, -0.2) is 24.6 Å². The van der Waals surface area contributed by atoms with Crippen molar-refractivity contribution >= 4 is 12.7 Å². The van der Waals surface area contributed by atoms with Gasteiger partial charge in [0.2, 0.25) is 0 Å². The van der Waals surface area contributed by atoms with Crippen molar-refractivity contribution in [3.05, 3.63) is 0 Å². The molecule has 0 aliphatic carbocycles. The normalized spacial score (nSPS) is 7.57. The maximum absolute atomic E-state index is 9.91. The summed E-state index contributed by atoms with van der Waals surface area (Å²) >= 11 is 0. The van der Waals surface area contributed by atoms with Crippen LogP contribution in [0.5, 0.6) is 0 Å². The summed E-state index contributed by atoms with van der Waals surface area (Å²) in [7, 11) is 0. The van der Waals surface area contributed by atoms with Gasteiger partial charge in [0.1, 0.15) is 6.73 Å². The number of carbonyl (C=O) groups excluding carboxylic acids is 1. The van der Waals surface area contributed by atoms with Gasteiger partial charge in [0, 0.05) is 0 Å². The van der Waals surface area contributed by atoms with Crippen LogP contribution in [0, 0.1) is 0 Å². The first-order chi connectivity index (χ1) is 3.31. The number of carbonyl (C=O) groups is 1. The zero-order valence-electron chi connectivity index (χ0n) is 3.72. The summed E-state index contributed by atoms with van der Waals surface area (Å²) in [5.74, 6) is 0. The highest BCUT2D eigenvalue weighted by Crippen LogP contribution is 1.64. The topological polar surface area (TPSA) is 61.7 Å². The Kier molecular flexibility index (Phi) is 2.87. The van der Waals surface area contributed by atoms with Gasteiger partial charge in [0.05, 0.1) is 0 Å². The fourth-order valence-electron chi connectivity index (χ4n) is 0.124. The fourth-order valence-corrected chi connectivity index (χ4v) is 0.124. The van der Waals surface area contributed by atoms with Crippen LogP contribution in [0.25, 0.3) is 0 Å². The Morgan fingerprint density at radius 3 is 2.71 bits per heavy atom. The first kappa shape index (κ1) is 6.10. The van der Waals surface area contributed by atoms with Crippen molar-refractivity contribution < 1.29 is 9.90 Å². The van der Waals surface area contributed by atoms with Crippen LogP contribution in [0.3, 0.4) is 0 Å². The van der Waals surface area contributed by atoms with Crippen LogP contribution in [-0.2, 0) is 0 Å². The molecule has 0 aromatic heterocycles. The van der Waals surface area contributed by atoms with E-state index in [9.17, 15) is 4.79 Å². The Balaban J connectivity index is 3.17. The number of hydrogen-bond donors (Lipinski definition) is 2. The van der Waals surface area contributed by atoms with E-state index < -0.39 is 12.8 Å². The molecule has 0 aromatic carbocycles. The van der Waals surface area contributed by atoms with E-state index in [1.54, 1.807) is 0 Å². The summed E-state index contributed by atoms with van der Waals surface area (Å²) in [5, 5.41) is 9.93. The third-order valence-electron chi connectivity index (χ3n) is 0.374. The molecule has 0 unspecified atom stereocenters. The Bertz CT molecular complexity index is 81.0. The third kappa shape index (κ3) is 2.92. The third-order valence-corrected chi connectivity index (χ3v) is 0.374. The van der Waals surface area contributed by atoms with Crippen molar-refractivity contribution in [3.63, 3.8) is 0 Å². The van der Waals surface area contributed by atoms with Gasteiger partial charge in [-0.05, 0) is 6.72 Å². The van der Waals surface area contributed by atoms with Gasteiger partial charge in [0.25, 0.3) is 0 Å². The largest absolute Gasteiger partial charge is 0.376 e. The minimum atomic E-state index is -0.609. The number of hydrogen-bond acceptors (Lipinski definition) is 2. The molecule has 4 heteroatoms. The molecule has 2 amide bonds. The maximum Gasteiger partial charge on any atom is 0.342 e. The summed E-state index contributed by atoms with van der Waals surface area (Å²) in [4.78, 5) is 12.8. The van der Waals surface area contributed by atoms with Crippen molar-refractivity contribution in [2.45, 2.75) is 0 Å². The molecule has 40 valence electrons. The summed E-state index contributed by atoms with van der Waals surface area (Å²) in [6, 6.07) is -0.609. The van der Waals surface area contributed by atoms with Crippen molar-refractivity contribution in [2.75, 3.05) is 6.73 Å². The Morgan fingerprint density at radius 1 is 2.00 bits per heavy atom. The first-order valence-corrected chi connectivity index (χ1v) is 1.66. The van der Waals surface area contributed by atoms with Gasteiger partial charge in [-0.2, -0.15) is 0 Å². The van der Waals surface area contributed by atoms with Gasteiger partial charge >= 0.3 is 6.03 Å². The van der Waals surface area contributed by atoms with Crippen LogP contribution < -0.4 is 5.32 Å². The highest BCUT2D eigenvalue weighted by Gasteiger charge is 1.86. The lowest BCUT2D eigenvalue weighted by Gasteiger charge is -1.88. The number of rotatable bonds is 1. The monoisotopic (exact) mass is 102 g/mol. The molecule has 2 N–H and O–H groups in total. The van der Waals surface area contributed by atoms with E-state index in [1.807, 2.05) is 5.32 Å². The van der Waals surface area contributed by atoms with Crippen LogP contribution in [0.15, 0.2) is 4.99 Å². The number of aliphatic hydroxyl groups is 1.